The Kier molecular flexibility index (Phi) is 3.67. The number of hydrogen-bond acceptors (Lipinski definition) is 2. The molecule has 20 heavy (non-hydrogen) atoms. The number of fused-ring (bicyclic) bond motifs is 1. The summed E-state index contributed by atoms with van der Waals surface area (Å²) in [5, 5.41) is 5.76. The van der Waals surface area contributed by atoms with E-state index >= 15 is 0 Å². The number of allylic oxidation sites excluding steroid dienone is 1. The zero-order valence-electron chi connectivity index (χ0n) is 11.3. The normalized spacial score (nSPS) is 14.9. The van der Waals surface area contributed by atoms with Crippen LogP contribution in [-0.4, -0.2) is 22.0 Å². The highest BCUT2D eigenvalue weighted by Crippen LogP contribution is 2.16. The van der Waals surface area contributed by atoms with Crippen molar-refractivity contribution in [3.8, 4) is 0 Å². The summed E-state index contributed by atoms with van der Waals surface area (Å²) in [5.74, 6) is 0.718. The number of carbonyl (C=O) groups excluding carboxylic acids is 1. The lowest BCUT2D eigenvalue weighted by molar-refractivity contribution is 0.252. The van der Waals surface area contributed by atoms with Crippen molar-refractivity contribution in [3.05, 3.63) is 42.2 Å². The van der Waals surface area contributed by atoms with Gasteiger partial charge in [0.1, 0.15) is 11.5 Å². The molecule has 0 spiro atoms. The van der Waals surface area contributed by atoms with Crippen LogP contribution < -0.4 is 10.6 Å². The van der Waals surface area contributed by atoms with Gasteiger partial charge in [0.05, 0.1) is 0 Å². The van der Waals surface area contributed by atoms with Gasteiger partial charge in [0.15, 0.2) is 0 Å². The lowest BCUT2D eigenvalue weighted by atomic mass is 10.00. The number of nitrogens with one attached hydrogen (secondary N) is 2. The fourth-order valence-corrected chi connectivity index (χ4v) is 2.47. The maximum atomic E-state index is 11.9. The van der Waals surface area contributed by atoms with Gasteiger partial charge in [-0.15, -0.1) is 0 Å². The Hall–Kier alpha value is -2.30. The van der Waals surface area contributed by atoms with E-state index in [1.165, 1.54) is 18.4 Å². The van der Waals surface area contributed by atoms with E-state index in [-0.39, 0.29) is 6.03 Å². The first-order valence-corrected chi connectivity index (χ1v) is 6.98. The Balaban J connectivity index is 1.61. The predicted octanol–water partition coefficient (Wildman–Crippen LogP) is 2.96. The number of anilines is 1. The van der Waals surface area contributed by atoms with Crippen LogP contribution in [0.2, 0.25) is 0 Å². The van der Waals surface area contributed by atoms with Crippen LogP contribution in [0, 0.1) is 0 Å². The van der Waals surface area contributed by atoms with Crippen LogP contribution >= 0.6 is 0 Å². The maximum absolute atomic E-state index is 11.9. The molecule has 2 heterocycles. The van der Waals surface area contributed by atoms with Crippen LogP contribution in [0.1, 0.15) is 25.7 Å². The van der Waals surface area contributed by atoms with Crippen molar-refractivity contribution in [2.45, 2.75) is 25.7 Å². The summed E-state index contributed by atoms with van der Waals surface area (Å²) in [4.78, 5) is 16.1. The number of imidazole rings is 1. The number of amides is 2. The fraction of sp³-hybridized carbons (Fsp3) is 0.333. The standard InChI is InChI=1S/C15H18N4O/c20-15(17-11-12-5-2-1-3-6-12)18-14-8-4-7-13-16-9-10-19(13)14/h4-5,7-10H,1-3,6,11H2,(H2,17,18,20). The molecular weight excluding hydrogens is 252 g/mol. The third-order valence-corrected chi connectivity index (χ3v) is 3.53. The topological polar surface area (TPSA) is 58.4 Å². The monoisotopic (exact) mass is 270 g/mol. The summed E-state index contributed by atoms with van der Waals surface area (Å²) < 4.78 is 1.85. The van der Waals surface area contributed by atoms with E-state index < -0.39 is 0 Å². The molecule has 0 aromatic carbocycles. The second-order valence-corrected chi connectivity index (χ2v) is 4.98. The van der Waals surface area contributed by atoms with Crippen molar-refractivity contribution in [2.24, 2.45) is 0 Å². The van der Waals surface area contributed by atoms with Crippen molar-refractivity contribution in [2.75, 3.05) is 11.9 Å². The van der Waals surface area contributed by atoms with E-state index in [0.29, 0.717) is 6.54 Å². The minimum atomic E-state index is -0.183. The molecule has 2 aromatic heterocycles. The molecule has 2 N–H and O–H groups in total. The molecule has 3 rings (SSSR count). The van der Waals surface area contributed by atoms with Crippen molar-refractivity contribution >= 4 is 17.5 Å². The summed E-state index contributed by atoms with van der Waals surface area (Å²) in [6.07, 6.45) is 10.5. The highest BCUT2D eigenvalue weighted by Gasteiger charge is 2.07. The zero-order chi connectivity index (χ0) is 13.8. The number of nitrogens with zero attached hydrogens (tertiary/aromatic N) is 2. The van der Waals surface area contributed by atoms with E-state index in [4.69, 9.17) is 0 Å². The SMILES string of the molecule is O=C(NCC1=CCCCC1)Nc1cccc2nccn12. The highest BCUT2D eigenvalue weighted by molar-refractivity contribution is 5.88. The van der Waals surface area contributed by atoms with Crippen molar-refractivity contribution in [3.63, 3.8) is 0 Å². The Morgan fingerprint density at radius 3 is 3.15 bits per heavy atom. The van der Waals surface area contributed by atoms with Crippen molar-refractivity contribution in [1.82, 2.24) is 14.7 Å². The van der Waals surface area contributed by atoms with Crippen LogP contribution in [-0.2, 0) is 0 Å². The summed E-state index contributed by atoms with van der Waals surface area (Å²) >= 11 is 0. The number of hydrogen-bond donors (Lipinski definition) is 2. The van der Waals surface area contributed by atoms with Gasteiger partial charge in [-0.1, -0.05) is 17.7 Å². The number of pyridine rings is 1. The van der Waals surface area contributed by atoms with Crippen LogP contribution in [0.3, 0.4) is 0 Å². The molecule has 1 aliphatic rings. The molecule has 5 heteroatoms. The number of carbonyl (C=O) groups is 1. The van der Waals surface area contributed by atoms with Gasteiger partial charge in [0.2, 0.25) is 0 Å². The van der Waals surface area contributed by atoms with Gasteiger partial charge >= 0.3 is 6.03 Å². The maximum Gasteiger partial charge on any atom is 0.320 e. The van der Waals surface area contributed by atoms with Gasteiger partial charge in [-0.3, -0.25) is 9.72 Å². The van der Waals surface area contributed by atoms with E-state index in [2.05, 4.69) is 21.7 Å². The number of rotatable bonds is 3. The Labute approximate surface area is 117 Å². The third kappa shape index (κ3) is 2.82. The molecule has 0 radical (unpaired) electrons. The fourth-order valence-electron chi connectivity index (χ4n) is 2.47. The lowest BCUT2D eigenvalue weighted by Crippen LogP contribution is -2.31. The summed E-state index contributed by atoms with van der Waals surface area (Å²) in [6, 6.07) is 5.45. The summed E-state index contributed by atoms with van der Waals surface area (Å²) in [6.45, 7) is 0.631. The van der Waals surface area contributed by atoms with Gasteiger partial charge in [0, 0.05) is 18.9 Å². The molecular formula is C15H18N4O. The predicted molar refractivity (Wildman–Crippen MR) is 78.8 cm³/mol. The smallest absolute Gasteiger partial charge is 0.320 e. The zero-order valence-corrected chi connectivity index (χ0v) is 11.3. The van der Waals surface area contributed by atoms with E-state index in [0.717, 1.165) is 24.3 Å². The largest absolute Gasteiger partial charge is 0.334 e. The first-order valence-electron chi connectivity index (χ1n) is 6.98. The first-order chi connectivity index (χ1) is 9.83. The van der Waals surface area contributed by atoms with Crippen LogP contribution in [0.4, 0.5) is 10.6 Å². The molecule has 2 amide bonds. The average molecular weight is 270 g/mol. The number of aromatic nitrogens is 2. The van der Waals surface area contributed by atoms with Gasteiger partial charge in [-0.05, 0) is 37.8 Å². The van der Waals surface area contributed by atoms with E-state index in [1.54, 1.807) is 6.20 Å². The Morgan fingerprint density at radius 2 is 2.30 bits per heavy atom. The Bertz CT molecular complexity index is 644. The number of urea groups is 1. The molecule has 5 nitrogen and oxygen atoms in total. The minimum Gasteiger partial charge on any atom is -0.334 e. The van der Waals surface area contributed by atoms with E-state index in [9.17, 15) is 4.79 Å². The van der Waals surface area contributed by atoms with E-state index in [1.807, 2.05) is 28.8 Å². The molecule has 0 fully saturated rings. The molecule has 0 atom stereocenters. The molecule has 0 aliphatic heterocycles. The highest BCUT2D eigenvalue weighted by atomic mass is 16.2. The summed E-state index contributed by atoms with van der Waals surface area (Å²) in [7, 11) is 0. The second-order valence-electron chi connectivity index (χ2n) is 4.98. The molecule has 2 aromatic rings. The quantitative estimate of drug-likeness (QED) is 0.842. The molecule has 0 saturated carbocycles. The average Bonchev–Trinajstić information content (AvgIpc) is 2.96. The van der Waals surface area contributed by atoms with Crippen LogP contribution in [0.15, 0.2) is 42.2 Å². The van der Waals surface area contributed by atoms with Crippen LogP contribution in [0.25, 0.3) is 5.65 Å². The lowest BCUT2D eigenvalue weighted by Gasteiger charge is -2.14. The minimum absolute atomic E-state index is 0.183. The molecule has 1 aliphatic carbocycles. The van der Waals surface area contributed by atoms with Gasteiger partial charge in [-0.2, -0.15) is 0 Å². The van der Waals surface area contributed by atoms with Crippen LogP contribution in [0.5, 0.6) is 0 Å². The van der Waals surface area contributed by atoms with Gasteiger partial charge in [-0.25, -0.2) is 9.78 Å². The van der Waals surface area contributed by atoms with Gasteiger partial charge < -0.3 is 5.32 Å². The van der Waals surface area contributed by atoms with Gasteiger partial charge in [0.25, 0.3) is 0 Å². The molecule has 0 saturated heterocycles. The second kappa shape index (κ2) is 5.77. The molecule has 0 unspecified atom stereocenters. The molecule has 104 valence electrons. The Morgan fingerprint density at radius 1 is 1.35 bits per heavy atom. The third-order valence-electron chi connectivity index (χ3n) is 3.53. The molecule has 0 bridgehead atoms. The first kappa shape index (κ1) is 12.7. The summed E-state index contributed by atoms with van der Waals surface area (Å²) in [5.41, 5.74) is 2.14. The van der Waals surface area contributed by atoms with Crippen molar-refractivity contribution < 1.29 is 4.79 Å². The van der Waals surface area contributed by atoms with Crippen molar-refractivity contribution in [1.29, 1.82) is 0 Å².